The molecule has 0 bridgehead atoms. The van der Waals surface area contributed by atoms with E-state index >= 15 is 0 Å². The average molecular weight is 205 g/mol. The molecule has 0 N–H and O–H groups in total. The van der Waals surface area contributed by atoms with Gasteiger partial charge < -0.3 is 0 Å². The fraction of sp³-hybridized carbons (Fsp3) is 0. The SMILES string of the molecule is [2H]c1c(F)cc(F)cc1[As]=O. The summed E-state index contributed by atoms with van der Waals surface area (Å²) in [7, 11) is 0. The van der Waals surface area contributed by atoms with Gasteiger partial charge in [0, 0.05) is 0 Å². The van der Waals surface area contributed by atoms with Gasteiger partial charge >= 0.3 is 63.7 Å². The summed E-state index contributed by atoms with van der Waals surface area (Å²) in [6.45, 7) is 0. The van der Waals surface area contributed by atoms with Crippen LogP contribution >= 0.6 is 0 Å². The van der Waals surface area contributed by atoms with Crippen LogP contribution in [0.2, 0.25) is 0 Å². The second-order valence-corrected chi connectivity index (χ2v) is 3.02. The van der Waals surface area contributed by atoms with Gasteiger partial charge in [0.1, 0.15) is 0 Å². The fourth-order valence-electron chi connectivity index (χ4n) is 0.537. The van der Waals surface area contributed by atoms with E-state index in [0.717, 1.165) is 6.07 Å². The number of hydrogen-bond acceptors (Lipinski definition) is 1. The third kappa shape index (κ3) is 1.71. The quantitative estimate of drug-likeness (QED) is 0.615. The normalized spacial score (nSPS) is 11.6. The van der Waals surface area contributed by atoms with E-state index < -0.39 is 33.4 Å². The summed E-state index contributed by atoms with van der Waals surface area (Å²) in [5, 5.41) is 0. The van der Waals surface area contributed by atoms with Gasteiger partial charge in [-0.2, -0.15) is 0 Å². The van der Waals surface area contributed by atoms with Crippen molar-refractivity contribution >= 4 is 20.0 Å². The number of halogens is 2. The van der Waals surface area contributed by atoms with Crippen molar-refractivity contribution in [2.24, 2.45) is 0 Å². The van der Waals surface area contributed by atoms with Crippen LogP contribution in [-0.2, 0) is 3.74 Å². The van der Waals surface area contributed by atoms with Crippen molar-refractivity contribution in [3.63, 3.8) is 0 Å². The molecular weight excluding hydrogens is 201 g/mol. The summed E-state index contributed by atoms with van der Waals surface area (Å²) >= 11 is -1.53. The fourth-order valence-corrected chi connectivity index (χ4v) is 1.23. The molecule has 0 aromatic heterocycles. The molecule has 0 aliphatic carbocycles. The van der Waals surface area contributed by atoms with Gasteiger partial charge in [-0.3, -0.25) is 0 Å². The first-order valence-electron chi connectivity index (χ1n) is 2.94. The van der Waals surface area contributed by atoms with Gasteiger partial charge in [0.05, 0.1) is 0 Å². The van der Waals surface area contributed by atoms with Crippen LogP contribution < -0.4 is 4.35 Å². The molecule has 0 spiro atoms. The molecule has 1 rings (SSSR count). The second kappa shape index (κ2) is 3.02. The van der Waals surface area contributed by atoms with Gasteiger partial charge in [0.15, 0.2) is 0 Å². The Kier molecular flexibility index (Phi) is 1.86. The summed E-state index contributed by atoms with van der Waals surface area (Å²) in [5.74, 6) is -1.76. The standard InChI is InChI=1S/C6H3AsF2O/c8-5-1-4(7-10)2-6(9)3-5/h1-3H/i1D. The zero-order valence-corrected chi connectivity index (χ0v) is 6.64. The van der Waals surface area contributed by atoms with Crippen LogP contribution in [0, 0.1) is 11.6 Å². The van der Waals surface area contributed by atoms with E-state index in [2.05, 4.69) is 0 Å². The van der Waals surface area contributed by atoms with Gasteiger partial charge in [0.2, 0.25) is 0 Å². The Morgan fingerprint density at radius 2 is 2.10 bits per heavy atom. The molecule has 1 aromatic rings. The molecule has 4 heteroatoms. The average Bonchev–Trinajstić information content (AvgIpc) is 1.96. The van der Waals surface area contributed by atoms with Crippen LogP contribution in [0.15, 0.2) is 18.2 Å². The van der Waals surface area contributed by atoms with Crippen LogP contribution in [-0.4, -0.2) is 15.7 Å². The van der Waals surface area contributed by atoms with Crippen LogP contribution in [0.5, 0.6) is 0 Å². The molecule has 0 atom stereocenters. The summed E-state index contributed by atoms with van der Waals surface area (Å²) in [6.07, 6.45) is 0. The second-order valence-electron chi connectivity index (χ2n) is 1.62. The molecule has 0 aliphatic rings. The molecule has 0 fully saturated rings. The van der Waals surface area contributed by atoms with Crippen molar-refractivity contribution < 1.29 is 13.9 Å². The van der Waals surface area contributed by atoms with Gasteiger partial charge in [-0.25, -0.2) is 0 Å². The summed E-state index contributed by atoms with van der Waals surface area (Å²) in [5.41, 5.74) is 0. The predicted octanol–water partition coefficient (Wildman–Crippen LogP) is 0.640. The Bertz CT molecular complexity index is 303. The number of hydrogen-bond donors (Lipinski definition) is 0. The Hall–Kier alpha value is -0.562. The molecule has 10 heavy (non-hydrogen) atoms. The van der Waals surface area contributed by atoms with Crippen LogP contribution in [0.1, 0.15) is 1.37 Å². The van der Waals surface area contributed by atoms with E-state index in [1.54, 1.807) is 0 Å². The minimum absolute atomic E-state index is 0.0567. The van der Waals surface area contributed by atoms with E-state index in [1.165, 1.54) is 0 Å². The molecule has 0 radical (unpaired) electrons. The third-order valence-corrected chi connectivity index (χ3v) is 1.80. The molecule has 1 aromatic carbocycles. The van der Waals surface area contributed by atoms with Gasteiger partial charge in [-0.15, -0.1) is 0 Å². The molecule has 1 nitrogen and oxygen atoms in total. The number of benzene rings is 1. The van der Waals surface area contributed by atoms with Crippen LogP contribution in [0.4, 0.5) is 8.78 Å². The molecule has 0 unspecified atom stereocenters. The topological polar surface area (TPSA) is 17.1 Å². The maximum atomic E-state index is 12.5. The Morgan fingerprint density at radius 1 is 1.40 bits per heavy atom. The van der Waals surface area contributed by atoms with E-state index in [4.69, 9.17) is 1.37 Å². The van der Waals surface area contributed by atoms with Crippen molar-refractivity contribution in [3.05, 3.63) is 29.8 Å². The van der Waals surface area contributed by atoms with Crippen molar-refractivity contribution in [2.45, 2.75) is 0 Å². The first-order chi connectivity index (χ1) is 5.15. The van der Waals surface area contributed by atoms with Crippen molar-refractivity contribution in [1.29, 1.82) is 0 Å². The third-order valence-electron chi connectivity index (χ3n) is 0.885. The Labute approximate surface area is 64.4 Å². The molecule has 0 saturated carbocycles. The van der Waals surface area contributed by atoms with Crippen molar-refractivity contribution in [1.82, 2.24) is 0 Å². The Morgan fingerprint density at radius 3 is 2.70 bits per heavy atom. The molecule has 52 valence electrons. The monoisotopic (exact) mass is 205 g/mol. The molecule has 0 heterocycles. The first kappa shape index (κ1) is 6.17. The minimum atomic E-state index is -1.53. The maximum absolute atomic E-state index is 12.5. The molecule has 0 saturated heterocycles. The van der Waals surface area contributed by atoms with Crippen molar-refractivity contribution in [2.75, 3.05) is 0 Å². The zero-order valence-electron chi connectivity index (χ0n) is 5.77. The van der Waals surface area contributed by atoms with Gasteiger partial charge in [-0.1, -0.05) is 0 Å². The molecular formula is C6H3AsF2O. The van der Waals surface area contributed by atoms with Gasteiger partial charge in [-0.05, 0) is 0 Å². The zero-order chi connectivity index (χ0) is 8.43. The van der Waals surface area contributed by atoms with Crippen LogP contribution in [0.25, 0.3) is 0 Å². The van der Waals surface area contributed by atoms with E-state index in [0.29, 0.717) is 6.07 Å². The Balaban J connectivity index is 3.35. The van der Waals surface area contributed by atoms with E-state index in [9.17, 15) is 12.5 Å². The van der Waals surface area contributed by atoms with Gasteiger partial charge in [0.25, 0.3) is 0 Å². The first-order valence-corrected chi connectivity index (χ1v) is 4.14. The summed E-state index contributed by atoms with van der Waals surface area (Å²) < 4.78 is 42.0. The predicted molar refractivity (Wildman–Crippen MR) is 32.4 cm³/mol. The van der Waals surface area contributed by atoms with Crippen LogP contribution in [0.3, 0.4) is 0 Å². The summed E-state index contributed by atoms with van der Waals surface area (Å²) in [4.78, 5) is 0. The summed E-state index contributed by atoms with van der Waals surface area (Å²) in [6, 6.07) is 1.04. The van der Waals surface area contributed by atoms with E-state index in [-0.39, 0.29) is 4.35 Å². The molecule has 0 aliphatic heterocycles. The van der Waals surface area contributed by atoms with Crippen molar-refractivity contribution in [3.8, 4) is 0 Å². The van der Waals surface area contributed by atoms with E-state index in [1.807, 2.05) is 0 Å². The molecule has 0 amide bonds. The number of rotatable bonds is 1.